The molecule has 0 radical (unpaired) electrons. The van der Waals surface area contributed by atoms with Gasteiger partial charge in [-0.1, -0.05) is 32.0 Å². The summed E-state index contributed by atoms with van der Waals surface area (Å²) in [5, 5.41) is 0. The number of rotatable bonds is 3. The number of halogens is 1. The highest BCUT2D eigenvalue weighted by atomic mass is 19.1. The molecule has 3 nitrogen and oxygen atoms in total. The smallest absolute Gasteiger partial charge is 0.227 e. The van der Waals surface area contributed by atoms with Crippen molar-refractivity contribution in [3.05, 3.63) is 35.6 Å². The van der Waals surface area contributed by atoms with Gasteiger partial charge >= 0.3 is 0 Å². The number of nitrogens with zero attached hydrogens (tertiary/aromatic N) is 1. The van der Waals surface area contributed by atoms with Crippen molar-refractivity contribution in [3.63, 3.8) is 0 Å². The van der Waals surface area contributed by atoms with Gasteiger partial charge in [0, 0.05) is 24.6 Å². The van der Waals surface area contributed by atoms with Crippen LogP contribution in [0, 0.1) is 17.7 Å². The first-order valence-electron chi connectivity index (χ1n) is 6.79. The molecule has 1 fully saturated rings. The molecule has 1 aromatic rings. The summed E-state index contributed by atoms with van der Waals surface area (Å²) in [7, 11) is 0. The summed E-state index contributed by atoms with van der Waals surface area (Å²) in [5.74, 6) is -0.0296. The summed E-state index contributed by atoms with van der Waals surface area (Å²) in [5.41, 5.74) is 6.18. The van der Waals surface area contributed by atoms with E-state index in [1.807, 2.05) is 13.0 Å². The summed E-state index contributed by atoms with van der Waals surface area (Å²) in [6.07, 6.45) is 0.809. The van der Waals surface area contributed by atoms with Gasteiger partial charge in [0.25, 0.3) is 0 Å². The number of benzene rings is 1. The second kappa shape index (κ2) is 5.70. The van der Waals surface area contributed by atoms with E-state index in [-0.39, 0.29) is 23.7 Å². The maximum absolute atomic E-state index is 13.9. The molecular weight excluding hydrogens is 243 g/mol. The van der Waals surface area contributed by atoms with Crippen LogP contribution in [0.2, 0.25) is 0 Å². The standard InChI is InChI=1S/C15H21FN2O/c1-10-7-14(12-5-3-4-6-13(12)16)18(9-10)15(19)11(2)8-17/h3-6,10-11,14H,7-9,17H2,1-2H3/t10-,11+,14-/m1/s1. The first-order chi connectivity index (χ1) is 9.04. The minimum Gasteiger partial charge on any atom is -0.335 e. The SMILES string of the molecule is C[C@@H]1C[C@H](c2ccccc2F)N(C(=O)[C@@H](C)CN)C1. The largest absolute Gasteiger partial charge is 0.335 e. The zero-order valence-electron chi connectivity index (χ0n) is 11.5. The van der Waals surface area contributed by atoms with Crippen LogP contribution in [0.3, 0.4) is 0 Å². The fraction of sp³-hybridized carbons (Fsp3) is 0.533. The third-order valence-electron chi connectivity index (χ3n) is 3.83. The van der Waals surface area contributed by atoms with Crippen molar-refractivity contribution in [3.8, 4) is 0 Å². The minimum absolute atomic E-state index is 0.0279. The van der Waals surface area contributed by atoms with Crippen LogP contribution in [0.5, 0.6) is 0 Å². The lowest BCUT2D eigenvalue weighted by molar-refractivity contribution is -0.135. The van der Waals surface area contributed by atoms with Gasteiger partial charge in [-0.3, -0.25) is 4.79 Å². The number of likely N-dealkylation sites (tertiary alicyclic amines) is 1. The first kappa shape index (κ1) is 14.0. The lowest BCUT2D eigenvalue weighted by Gasteiger charge is -2.27. The van der Waals surface area contributed by atoms with Crippen molar-refractivity contribution < 1.29 is 9.18 Å². The van der Waals surface area contributed by atoms with E-state index in [4.69, 9.17) is 5.73 Å². The van der Waals surface area contributed by atoms with Gasteiger partial charge in [-0.05, 0) is 18.4 Å². The number of hydrogen-bond donors (Lipinski definition) is 1. The molecule has 4 heteroatoms. The molecule has 1 saturated heterocycles. The van der Waals surface area contributed by atoms with Crippen LogP contribution in [0.15, 0.2) is 24.3 Å². The molecule has 0 bridgehead atoms. The Kier molecular flexibility index (Phi) is 4.20. The van der Waals surface area contributed by atoms with Crippen molar-refractivity contribution in [2.45, 2.75) is 26.3 Å². The van der Waals surface area contributed by atoms with Gasteiger partial charge < -0.3 is 10.6 Å². The topological polar surface area (TPSA) is 46.3 Å². The molecule has 104 valence electrons. The number of amides is 1. The normalized spacial score (nSPS) is 24.5. The Bertz CT molecular complexity index is 463. The summed E-state index contributed by atoms with van der Waals surface area (Å²) >= 11 is 0. The van der Waals surface area contributed by atoms with Crippen molar-refractivity contribution >= 4 is 5.91 Å². The van der Waals surface area contributed by atoms with E-state index in [0.717, 1.165) is 6.42 Å². The van der Waals surface area contributed by atoms with E-state index in [1.165, 1.54) is 6.07 Å². The molecule has 1 amide bonds. The Balaban J connectivity index is 2.28. The molecule has 2 rings (SSSR count). The zero-order chi connectivity index (χ0) is 14.0. The fourth-order valence-electron chi connectivity index (χ4n) is 2.71. The average Bonchev–Trinajstić information content (AvgIpc) is 2.79. The van der Waals surface area contributed by atoms with Gasteiger partial charge in [0.15, 0.2) is 0 Å². The molecule has 0 unspecified atom stereocenters. The molecule has 2 N–H and O–H groups in total. The molecule has 0 aliphatic carbocycles. The molecule has 0 spiro atoms. The molecule has 0 aromatic heterocycles. The number of hydrogen-bond acceptors (Lipinski definition) is 2. The Morgan fingerprint density at radius 3 is 2.84 bits per heavy atom. The minimum atomic E-state index is -0.236. The van der Waals surface area contributed by atoms with Crippen LogP contribution in [0.4, 0.5) is 4.39 Å². The van der Waals surface area contributed by atoms with Crippen LogP contribution in [0.1, 0.15) is 31.9 Å². The highest BCUT2D eigenvalue weighted by molar-refractivity contribution is 5.79. The lowest BCUT2D eigenvalue weighted by Crippen LogP contribution is -2.38. The van der Waals surface area contributed by atoms with Crippen molar-refractivity contribution in [2.24, 2.45) is 17.6 Å². The van der Waals surface area contributed by atoms with E-state index in [2.05, 4.69) is 6.92 Å². The predicted molar refractivity (Wildman–Crippen MR) is 72.9 cm³/mol. The Labute approximate surface area is 113 Å². The van der Waals surface area contributed by atoms with Gasteiger partial charge in [0.1, 0.15) is 5.82 Å². The predicted octanol–water partition coefficient (Wildman–Crippen LogP) is 2.33. The summed E-state index contributed by atoms with van der Waals surface area (Å²) in [4.78, 5) is 14.1. The second-order valence-electron chi connectivity index (χ2n) is 5.51. The molecule has 19 heavy (non-hydrogen) atoms. The van der Waals surface area contributed by atoms with Crippen LogP contribution in [-0.2, 0) is 4.79 Å². The van der Waals surface area contributed by atoms with Crippen LogP contribution < -0.4 is 5.73 Å². The quantitative estimate of drug-likeness (QED) is 0.910. The highest BCUT2D eigenvalue weighted by Crippen LogP contribution is 2.37. The van der Waals surface area contributed by atoms with Gasteiger partial charge in [-0.25, -0.2) is 4.39 Å². The van der Waals surface area contributed by atoms with Crippen LogP contribution in [0.25, 0.3) is 0 Å². The molecule has 1 aliphatic heterocycles. The highest BCUT2D eigenvalue weighted by Gasteiger charge is 2.36. The lowest BCUT2D eigenvalue weighted by atomic mass is 10.00. The third kappa shape index (κ3) is 2.78. The van der Waals surface area contributed by atoms with Crippen LogP contribution in [-0.4, -0.2) is 23.9 Å². The second-order valence-corrected chi connectivity index (χ2v) is 5.51. The molecule has 1 aliphatic rings. The molecule has 1 heterocycles. The molecule has 0 saturated carbocycles. The monoisotopic (exact) mass is 264 g/mol. The Hall–Kier alpha value is -1.42. The van der Waals surface area contributed by atoms with Crippen molar-refractivity contribution in [2.75, 3.05) is 13.1 Å². The van der Waals surface area contributed by atoms with Crippen molar-refractivity contribution in [1.82, 2.24) is 4.90 Å². The van der Waals surface area contributed by atoms with E-state index in [0.29, 0.717) is 24.6 Å². The van der Waals surface area contributed by atoms with E-state index < -0.39 is 0 Å². The van der Waals surface area contributed by atoms with Gasteiger partial charge in [0.05, 0.1) is 6.04 Å². The number of carbonyl (C=O) groups is 1. The van der Waals surface area contributed by atoms with Gasteiger partial charge in [0.2, 0.25) is 5.91 Å². The van der Waals surface area contributed by atoms with Crippen molar-refractivity contribution in [1.29, 1.82) is 0 Å². The van der Waals surface area contributed by atoms with E-state index in [9.17, 15) is 9.18 Å². The van der Waals surface area contributed by atoms with E-state index >= 15 is 0 Å². The molecular formula is C15H21FN2O. The zero-order valence-corrected chi connectivity index (χ0v) is 11.5. The van der Waals surface area contributed by atoms with Gasteiger partial charge in [-0.2, -0.15) is 0 Å². The average molecular weight is 264 g/mol. The summed E-state index contributed by atoms with van der Waals surface area (Å²) in [6.45, 7) is 4.92. The number of nitrogens with two attached hydrogens (primary N) is 1. The first-order valence-corrected chi connectivity index (χ1v) is 6.79. The third-order valence-corrected chi connectivity index (χ3v) is 3.83. The van der Waals surface area contributed by atoms with Gasteiger partial charge in [-0.15, -0.1) is 0 Å². The Morgan fingerprint density at radius 2 is 2.21 bits per heavy atom. The number of carbonyl (C=O) groups excluding carboxylic acids is 1. The Morgan fingerprint density at radius 1 is 1.53 bits per heavy atom. The van der Waals surface area contributed by atoms with E-state index in [1.54, 1.807) is 17.0 Å². The molecule has 1 aromatic carbocycles. The maximum Gasteiger partial charge on any atom is 0.227 e. The fourth-order valence-corrected chi connectivity index (χ4v) is 2.71. The van der Waals surface area contributed by atoms with Crippen LogP contribution >= 0.6 is 0 Å². The maximum atomic E-state index is 13.9. The summed E-state index contributed by atoms with van der Waals surface area (Å²) < 4.78 is 13.9. The molecule has 3 atom stereocenters. The summed E-state index contributed by atoms with van der Waals surface area (Å²) in [6, 6.07) is 6.55.